The zero-order chi connectivity index (χ0) is 22.2. The van der Waals surface area contributed by atoms with E-state index in [1.54, 1.807) is 19.3 Å². The number of halogens is 1. The second-order valence-electron chi connectivity index (χ2n) is 6.52. The van der Waals surface area contributed by atoms with E-state index in [1.807, 2.05) is 35.8 Å². The molecule has 31 heavy (non-hydrogen) atoms. The van der Waals surface area contributed by atoms with Crippen molar-refractivity contribution in [1.29, 1.82) is 0 Å². The molecule has 2 aromatic carbocycles. The molecule has 3 aromatic rings. The molecule has 3 rings (SSSR count). The number of carbonyl (C=O) groups excluding carboxylic acids is 1. The quantitative estimate of drug-likeness (QED) is 0.368. The molecule has 1 amide bonds. The molecule has 0 aliphatic heterocycles. The van der Waals surface area contributed by atoms with Gasteiger partial charge in [0.2, 0.25) is 5.91 Å². The van der Waals surface area contributed by atoms with Crippen LogP contribution < -0.4 is 14.8 Å². The van der Waals surface area contributed by atoms with Gasteiger partial charge in [-0.25, -0.2) is 4.39 Å². The van der Waals surface area contributed by atoms with Gasteiger partial charge in [-0.1, -0.05) is 23.9 Å². The second kappa shape index (κ2) is 10.6. The number of nitrogens with zero attached hydrogens (tertiary/aromatic N) is 3. The molecule has 0 radical (unpaired) electrons. The van der Waals surface area contributed by atoms with Crippen molar-refractivity contribution in [3.63, 3.8) is 0 Å². The van der Waals surface area contributed by atoms with Gasteiger partial charge in [0, 0.05) is 12.2 Å². The Morgan fingerprint density at radius 2 is 2.00 bits per heavy atom. The van der Waals surface area contributed by atoms with Crippen LogP contribution >= 0.6 is 11.8 Å². The highest BCUT2D eigenvalue weighted by atomic mass is 32.2. The molecule has 0 aliphatic carbocycles. The highest BCUT2D eigenvalue weighted by Crippen LogP contribution is 2.26. The third-order valence-electron chi connectivity index (χ3n) is 4.23. The zero-order valence-electron chi connectivity index (χ0n) is 17.2. The number of hydrogen-bond donors (Lipinski definition) is 1. The summed E-state index contributed by atoms with van der Waals surface area (Å²) in [6, 6.07) is 13.0. The Kier molecular flexibility index (Phi) is 7.66. The van der Waals surface area contributed by atoms with Crippen LogP contribution in [0.4, 0.5) is 10.1 Å². The van der Waals surface area contributed by atoms with E-state index in [1.165, 1.54) is 30.0 Å². The minimum absolute atomic E-state index is 0.0967. The van der Waals surface area contributed by atoms with E-state index in [4.69, 9.17) is 9.47 Å². The topological polar surface area (TPSA) is 78.3 Å². The Morgan fingerprint density at radius 1 is 1.26 bits per heavy atom. The molecule has 1 atom stereocenters. The van der Waals surface area contributed by atoms with E-state index < -0.39 is 5.82 Å². The largest absolute Gasteiger partial charge is 0.497 e. The number of anilines is 1. The van der Waals surface area contributed by atoms with Gasteiger partial charge in [-0.15, -0.1) is 16.8 Å². The van der Waals surface area contributed by atoms with Gasteiger partial charge in [-0.3, -0.25) is 9.36 Å². The lowest BCUT2D eigenvalue weighted by molar-refractivity contribution is -0.113. The number of nitrogens with one attached hydrogen (secondary N) is 1. The Labute approximate surface area is 184 Å². The number of hydrogen-bond acceptors (Lipinski definition) is 6. The van der Waals surface area contributed by atoms with E-state index in [0.717, 1.165) is 5.75 Å². The van der Waals surface area contributed by atoms with E-state index >= 15 is 0 Å². The molecule has 162 valence electrons. The van der Waals surface area contributed by atoms with Crippen LogP contribution in [0.15, 0.2) is 66.3 Å². The molecule has 1 unspecified atom stereocenters. The van der Waals surface area contributed by atoms with Gasteiger partial charge < -0.3 is 14.8 Å². The van der Waals surface area contributed by atoms with Crippen molar-refractivity contribution in [2.45, 2.75) is 24.7 Å². The molecule has 7 nitrogen and oxygen atoms in total. The number of aromatic nitrogens is 3. The van der Waals surface area contributed by atoms with Gasteiger partial charge in [0.05, 0.1) is 12.9 Å². The average molecular weight is 443 g/mol. The first-order valence-electron chi connectivity index (χ1n) is 9.53. The average Bonchev–Trinajstić information content (AvgIpc) is 3.16. The summed E-state index contributed by atoms with van der Waals surface area (Å²) in [6.45, 7) is 6.12. The van der Waals surface area contributed by atoms with Crippen molar-refractivity contribution in [3.8, 4) is 11.5 Å². The predicted octanol–water partition coefficient (Wildman–Crippen LogP) is 4.48. The number of ether oxygens (including phenoxy) is 2. The van der Waals surface area contributed by atoms with Crippen LogP contribution in [0.3, 0.4) is 0 Å². The van der Waals surface area contributed by atoms with Crippen LogP contribution in [0.25, 0.3) is 0 Å². The maximum absolute atomic E-state index is 13.3. The zero-order valence-corrected chi connectivity index (χ0v) is 18.1. The number of allylic oxidation sites excluding steroid dienone is 1. The maximum atomic E-state index is 13.3. The van der Waals surface area contributed by atoms with Gasteiger partial charge in [0.1, 0.15) is 17.3 Å². The normalized spacial score (nSPS) is 11.6. The lowest BCUT2D eigenvalue weighted by Gasteiger charge is -2.16. The smallest absolute Gasteiger partial charge is 0.234 e. The third-order valence-corrected chi connectivity index (χ3v) is 5.20. The standard InChI is InChI=1S/C22H23FN4O3S/c1-4-12-27-21(15(2)30-19-10-8-18(29-3)9-11-19)25-26-22(27)31-14-20(28)24-17-7-5-6-16(23)13-17/h4-11,13,15H,1,12,14H2,2-3H3,(H,24,28). The summed E-state index contributed by atoms with van der Waals surface area (Å²) in [5.74, 6) is 1.44. The van der Waals surface area contributed by atoms with Crippen LogP contribution in [-0.4, -0.2) is 33.5 Å². The van der Waals surface area contributed by atoms with Crippen molar-refractivity contribution in [2.75, 3.05) is 18.2 Å². The fourth-order valence-corrected chi connectivity index (χ4v) is 3.57. The molecule has 0 bridgehead atoms. The minimum atomic E-state index is -0.410. The van der Waals surface area contributed by atoms with E-state index in [0.29, 0.717) is 29.0 Å². The van der Waals surface area contributed by atoms with Crippen molar-refractivity contribution in [3.05, 3.63) is 72.8 Å². The van der Waals surface area contributed by atoms with Crippen molar-refractivity contribution in [1.82, 2.24) is 14.8 Å². The summed E-state index contributed by atoms with van der Waals surface area (Å²) in [7, 11) is 1.61. The summed E-state index contributed by atoms with van der Waals surface area (Å²) >= 11 is 1.23. The third kappa shape index (κ3) is 6.08. The Morgan fingerprint density at radius 3 is 2.68 bits per heavy atom. The fourth-order valence-electron chi connectivity index (χ4n) is 2.81. The SMILES string of the molecule is C=CCn1c(SCC(=O)Nc2cccc(F)c2)nnc1C(C)Oc1ccc(OC)cc1. The summed E-state index contributed by atoms with van der Waals surface area (Å²) in [5.41, 5.74) is 0.403. The fraction of sp³-hybridized carbons (Fsp3) is 0.227. The lowest BCUT2D eigenvalue weighted by Crippen LogP contribution is -2.15. The molecule has 1 N–H and O–H groups in total. The van der Waals surface area contributed by atoms with Gasteiger partial charge in [-0.05, 0) is 49.4 Å². The number of carbonyl (C=O) groups is 1. The highest BCUT2D eigenvalue weighted by molar-refractivity contribution is 7.99. The molecular weight excluding hydrogens is 419 g/mol. The van der Waals surface area contributed by atoms with Crippen LogP contribution in [0.2, 0.25) is 0 Å². The number of rotatable bonds is 10. The van der Waals surface area contributed by atoms with Crippen molar-refractivity contribution < 1.29 is 18.7 Å². The predicted molar refractivity (Wildman–Crippen MR) is 118 cm³/mol. The van der Waals surface area contributed by atoms with Gasteiger partial charge in [0.15, 0.2) is 17.1 Å². The maximum Gasteiger partial charge on any atom is 0.234 e. The first kappa shape index (κ1) is 22.4. The monoisotopic (exact) mass is 442 g/mol. The lowest BCUT2D eigenvalue weighted by atomic mass is 10.3. The highest BCUT2D eigenvalue weighted by Gasteiger charge is 2.20. The summed E-state index contributed by atoms with van der Waals surface area (Å²) < 4.78 is 26.3. The van der Waals surface area contributed by atoms with Crippen LogP contribution in [0.5, 0.6) is 11.5 Å². The van der Waals surface area contributed by atoms with E-state index in [2.05, 4.69) is 22.1 Å². The Balaban J connectivity index is 1.65. The van der Waals surface area contributed by atoms with E-state index in [-0.39, 0.29) is 17.8 Å². The Bertz CT molecular complexity index is 1040. The first-order chi connectivity index (χ1) is 15.0. The summed E-state index contributed by atoms with van der Waals surface area (Å²) in [5, 5.41) is 11.7. The molecular formula is C22H23FN4O3S. The minimum Gasteiger partial charge on any atom is -0.497 e. The van der Waals surface area contributed by atoms with Gasteiger partial charge in [0.25, 0.3) is 0 Å². The van der Waals surface area contributed by atoms with Crippen molar-refractivity contribution >= 4 is 23.4 Å². The molecule has 1 heterocycles. The number of amides is 1. The number of benzene rings is 2. The first-order valence-corrected chi connectivity index (χ1v) is 10.5. The van der Waals surface area contributed by atoms with E-state index in [9.17, 15) is 9.18 Å². The molecule has 1 aromatic heterocycles. The number of thioether (sulfide) groups is 1. The van der Waals surface area contributed by atoms with Gasteiger partial charge >= 0.3 is 0 Å². The Hall–Kier alpha value is -3.33. The molecule has 0 spiro atoms. The molecule has 0 fully saturated rings. The molecule has 0 saturated carbocycles. The second-order valence-corrected chi connectivity index (χ2v) is 7.47. The van der Waals surface area contributed by atoms with Crippen molar-refractivity contribution in [2.24, 2.45) is 0 Å². The van der Waals surface area contributed by atoms with Crippen LogP contribution in [0.1, 0.15) is 18.9 Å². The van der Waals surface area contributed by atoms with Gasteiger partial charge in [-0.2, -0.15) is 0 Å². The van der Waals surface area contributed by atoms with Crippen LogP contribution in [-0.2, 0) is 11.3 Å². The summed E-state index contributed by atoms with van der Waals surface area (Å²) in [4.78, 5) is 12.2. The summed E-state index contributed by atoms with van der Waals surface area (Å²) in [6.07, 6.45) is 1.35. The number of methoxy groups -OCH3 is 1. The molecule has 9 heteroatoms. The molecule has 0 saturated heterocycles. The molecule has 0 aliphatic rings. The van der Waals surface area contributed by atoms with Crippen LogP contribution in [0, 0.1) is 5.82 Å².